The van der Waals surface area contributed by atoms with Gasteiger partial charge in [-0.05, 0) is 86.5 Å². The molecular formula is C36H37F3N6O5S2. The molecule has 2 amide bonds. The van der Waals surface area contributed by atoms with Crippen molar-refractivity contribution in [3.05, 3.63) is 116 Å². The van der Waals surface area contributed by atoms with Crippen LogP contribution in [-0.2, 0) is 23.1 Å². The number of thiophene rings is 1. The number of halogens is 3. The number of hydrogen-bond acceptors (Lipinski definition) is 7. The Morgan fingerprint density at radius 2 is 1.65 bits per heavy atom. The third-order valence-electron chi connectivity index (χ3n) is 8.98. The number of sulfonamides is 1. The molecule has 274 valence electrons. The molecule has 1 fully saturated rings. The summed E-state index contributed by atoms with van der Waals surface area (Å²) in [5, 5.41) is 5.51. The number of amides is 2. The summed E-state index contributed by atoms with van der Waals surface area (Å²) in [6.07, 6.45) is 2.53. The first-order chi connectivity index (χ1) is 24.8. The molecular weight excluding hydrogens is 718 g/mol. The first-order valence-electron chi connectivity index (χ1n) is 16.6. The molecule has 0 aliphatic carbocycles. The zero-order valence-electron chi connectivity index (χ0n) is 28.7. The van der Waals surface area contributed by atoms with Gasteiger partial charge >= 0.3 is 11.7 Å². The van der Waals surface area contributed by atoms with Gasteiger partial charge in [-0.15, -0.1) is 11.3 Å². The second-order valence-corrected chi connectivity index (χ2v) is 15.6. The Morgan fingerprint density at radius 1 is 0.981 bits per heavy atom. The summed E-state index contributed by atoms with van der Waals surface area (Å²) in [4.78, 5) is 43.6. The highest BCUT2D eigenvalue weighted by Gasteiger charge is 2.33. The molecule has 1 aliphatic heterocycles. The van der Waals surface area contributed by atoms with Crippen LogP contribution in [0.2, 0.25) is 0 Å². The van der Waals surface area contributed by atoms with Gasteiger partial charge < -0.3 is 15.5 Å². The number of carbonyl (C=O) groups excluding carboxylic acids is 1. The Bertz CT molecular complexity index is 2340. The SMILES string of the molecule is CCNC(=O)Nc1ccc(-c2sc3c(c2CN(C)C[C@@H]2CCCN2S(C)(=O)=O)c(=O)n(-c2ccc(F)cc2)c(=O)n3Cc2c(F)cccc2F)cc1. The van der Waals surface area contributed by atoms with E-state index >= 15 is 8.78 Å². The van der Waals surface area contributed by atoms with Gasteiger partial charge in [-0.2, -0.15) is 4.31 Å². The van der Waals surface area contributed by atoms with Crippen molar-refractivity contribution in [1.82, 2.24) is 23.7 Å². The van der Waals surface area contributed by atoms with E-state index in [0.29, 0.717) is 54.2 Å². The molecule has 2 N–H and O–H groups in total. The number of rotatable bonds is 11. The number of aromatic nitrogens is 2. The minimum Gasteiger partial charge on any atom is -0.338 e. The standard InChI is InChI=1S/C36H37F3N6O5S2/c1-4-40-35(47)41-24-14-10-22(11-15-24)32-28(20-42(2)19-26-7-6-18-44(26)52(3,49)50)31-33(46)45(25-16-12-23(37)13-17-25)36(48)43(34(31)51-32)21-27-29(38)8-5-9-30(27)39/h5,8-17,26H,4,6-7,18-21H2,1-3H3,(H2,40,41,47)/t26-/m0/s1. The van der Waals surface area contributed by atoms with E-state index in [0.717, 1.165) is 44.7 Å². The lowest BCUT2D eigenvalue weighted by molar-refractivity contribution is 0.252. The van der Waals surface area contributed by atoms with Gasteiger partial charge in [0.1, 0.15) is 22.3 Å². The van der Waals surface area contributed by atoms with Crippen LogP contribution in [0.5, 0.6) is 0 Å². The number of urea groups is 1. The van der Waals surface area contributed by atoms with Gasteiger partial charge in [0.25, 0.3) is 5.56 Å². The summed E-state index contributed by atoms with van der Waals surface area (Å²) in [5.74, 6) is -2.34. The van der Waals surface area contributed by atoms with Crippen molar-refractivity contribution in [1.29, 1.82) is 0 Å². The van der Waals surface area contributed by atoms with E-state index in [1.54, 1.807) is 38.2 Å². The molecule has 5 aromatic rings. The van der Waals surface area contributed by atoms with Crippen molar-refractivity contribution in [3.8, 4) is 16.1 Å². The number of likely N-dealkylation sites (N-methyl/N-ethyl adjacent to an activating group) is 1. The highest BCUT2D eigenvalue weighted by atomic mass is 32.2. The summed E-state index contributed by atoms with van der Waals surface area (Å²) in [6, 6.07) is 14.3. The number of hydrogen-bond donors (Lipinski definition) is 2. The van der Waals surface area contributed by atoms with Crippen molar-refractivity contribution >= 4 is 43.3 Å². The third kappa shape index (κ3) is 7.55. The number of fused-ring (bicyclic) bond motifs is 1. The maximum Gasteiger partial charge on any atom is 0.337 e. The van der Waals surface area contributed by atoms with Crippen LogP contribution in [0.3, 0.4) is 0 Å². The lowest BCUT2D eigenvalue weighted by Crippen LogP contribution is -2.42. The predicted octanol–water partition coefficient (Wildman–Crippen LogP) is 5.34. The molecule has 3 aromatic carbocycles. The topological polar surface area (TPSA) is 126 Å². The summed E-state index contributed by atoms with van der Waals surface area (Å²) in [7, 11) is -1.66. The van der Waals surface area contributed by atoms with Gasteiger partial charge in [-0.1, -0.05) is 18.2 Å². The van der Waals surface area contributed by atoms with Crippen LogP contribution in [-0.4, -0.2) is 71.8 Å². The van der Waals surface area contributed by atoms with Gasteiger partial charge in [0.05, 0.1) is 23.9 Å². The van der Waals surface area contributed by atoms with E-state index in [4.69, 9.17) is 0 Å². The van der Waals surface area contributed by atoms with Crippen LogP contribution in [0.25, 0.3) is 26.3 Å². The summed E-state index contributed by atoms with van der Waals surface area (Å²) in [5.41, 5.74) is -0.280. The normalized spacial score (nSPS) is 15.1. The molecule has 0 saturated carbocycles. The van der Waals surface area contributed by atoms with Crippen LogP contribution >= 0.6 is 11.3 Å². The number of anilines is 1. The number of carbonyl (C=O) groups is 1. The Kier molecular flexibility index (Phi) is 10.7. The Morgan fingerprint density at radius 3 is 2.29 bits per heavy atom. The summed E-state index contributed by atoms with van der Waals surface area (Å²) >= 11 is 1.10. The lowest BCUT2D eigenvalue weighted by atomic mass is 10.1. The Labute approximate surface area is 302 Å². The molecule has 16 heteroatoms. The summed E-state index contributed by atoms with van der Waals surface area (Å²) < 4.78 is 72.7. The number of nitrogens with one attached hydrogen (secondary N) is 2. The van der Waals surface area contributed by atoms with Crippen molar-refractivity contribution in [2.24, 2.45) is 0 Å². The van der Waals surface area contributed by atoms with Crippen molar-refractivity contribution < 1.29 is 26.4 Å². The molecule has 0 bridgehead atoms. The zero-order chi connectivity index (χ0) is 37.3. The first kappa shape index (κ1) is 37.0. The van der Waals surface area contributed by atoms with Gasteiger partial charge in [0, 0.05) is 48.3 Å². The second kappa shape index (κ2) is 15.1. The monoisotopic (exact) mass is 754 g/mol. The maximum absolute atomic E-state index is 15.1. The number of nitrogens with zero attached hydrogens (tertiary/aromatic N) is 4. The molecule has 1 atom stereocenters. The van der Waals surface area contributed by atoms with E-state index < -0.39 is 45.3 Å². The predicted molar refractivity (Wildman–Crippen MR) is 196 cm³/mol. The van der Waals surface area contributed by atoms with Crippen LogP contribution in [0.4, 0.5) is 23.7 Å². The minimum absolute atomic E-state index is 0.0589. The molecule has 11 nitrogen and oxygen atoms in total. The molecule has 0 radical (unpaired) electrons. The fourth-order valence-electron chi connectivity index (χ4n) is 6.61. The average molecular weight is 755 g/mol. The van der Waals surface area contributed by atoms with E-state index in [1.165, 1.54) is 28.8 Å². The van der Waals surface area contributed by atoms with Crippen LogP contribution in [0.1, 0.15) is 30.9 Å². The Hall–Kier alpha value is -4.77. The zero-order valence-corrected chi connectivity index (χ0v) is 30.3. The number of benzene rings is 3. The first-order valence-corrected chi connectivity index (χ1v) is 19.2. The highest BCUT2D eigenvalue weighted by Crippen LogP contribution is 2.39. The molecule has 1 aliphatic rings. The molecule has 52 heavy (non-hydrogen) atoms. The third-order valence-corrected chi connectivity index (χ3v) is 11.6. The van der Waals surface area contributed by atoms with Gasteiger partial charge in [-0.25, -0.2) is 35.7 Å². The minimum atomic E-state index is -3.46. The highest BCUT2D eigenvalue weighted by molar-refractivity contribution is 7.88. The molecule has 3 heterocycles. The lowest BCUT2D eigenvalue weighted by Gasteiger charge is -2.27. The second-order valence-electron chi connectivity index (χ2n) is 12.7. The molecule has 6 rings (SSSR count). The van der Waals surface area contributed by atoms with Gasteiger partial charge in [0.2, 0.25) is 10.0 Å². The fraction of sp³-hybridized carbons (Fsp3) is 0.306. The van der Waals surface area contributed by atoms with E-state index in [9.17, 15) is 27.2 Å². The van der Waals surface area contributed by atoms with Crippen LogP contribution in [0.15, 0.2) is 76.3 Å². The van der Waals surface area contributed by atoms with Gasteiger partial charge in [0.15, 0.2) is 0 Å². The summed E-state index contributed by atoms with van der Waals surface area (Å²) in [6.45, 7) is 2.55. The van der Waals surface area contributed by atoms with Crippen LogP contribution in [0, 0.1) is 17.5 Å². The smallest absolute Gasteiger partial charge is 0.337 e. The van der Waals surface area contributed by atoms with E-state index in [-0.39, 0.29) is 40.1 Å². The largest absolute Gasteiger partial charge is 0.338 e. The van der Waals surface area contributed by atoms with Gasteiger partial charge in [-0.3, -0.25) is 9.36 Å². The Balaban J connectivity index is 1.57. The molecule has 0 unspecified atom stereocenters. The van der Waals surface area contributed by atoms with E-state index in [2.05, 4.69) is 10.6 Å². The molecule has 1 saturated heterocycles. The molecule has 2 aromatic heterocycles. The maximum atomic E-state index is 15.1. The van der Waals surface area contributed by atoms with E-state index in [1.807, 2.05) is 4.90 Å². The van der Waals surface area contributed by atoms with Crippen LogP contribution < -0.4 is 21.9 Å². The van der Waals surface area contributed by atoms with Crippen molar-refractivity contribution in [3.63, 3.8) is 0 Å². The van der Waals surface area contributed by atoms with Crippen molar-refractivity contribution in [2.45, 2.75) is 38.9 Å². The van der Waals surface area contributed by atoms with Crippen molar-refractivity contribution in [2.75, 3.05) is 38.3 Å². The fourth-order valence-corrected chi connectivity index (χ4v) is 9.09. The molecule has 0 spiro atoms. The average Bonchev–Trinajstić information content (AvgIpc) is 3.71. The quantitative estimate of drug-likeness (QED) is 0.188.